The van der Waals surface area contributed by atoms with Gasteiger partial charge in [0.15, 0.2) is 0 Å². The molecule has 0 saturated heterocycles. The number of hydrogen-bond donors (Lipinski definition) is 3. The molecule has 0 heterocycles. The number of nitrogens with one attached hydrogen (secondary N) is 1. The normalized spacial score (nSPS) is 12.8. The summed E-state index contributed by atoms with van der Waals surface area (Å²) in [5.41, 5.74) is 0. The Hall–Kier alpha value is -1.92. The van der Waals surface area contributed by atoms with Gasteiger partial charge in [0.2, 0.25) is 5.91 Å². The van der Waals surface area contributed by atoms with Gasteiger partial charge in [0.25, 0.3) is 0 Å². The number of amides is 1. The monoisotopic (exact) mass is 928 g/mol. The van der Waals surface area contributed by atoms with Gasteiger partial charge in [-0.3, -0.25) is 9.59 Å². The number of esters is 1. The van der Waals surface area contributed by atoms with Gasteiger partial charge < -0.3 is 20.3 Å². The molecule has 0 spiro atoms. The number of hydrogen-bond acceptors (Lipinski definition) is 5. The Bertz CT molecular complexity index is 1070. The average Bonchev–Trinajstić information content (AvgIpc) is 3.32. The second-order valence-corrected chi connectivity index (χ2v) is 20.0. The van der Waals surface area contributed by atoms with Gasteiger partial charge in [-0.15, -0.1) is 0 Å². The van der Waals surface area contributed by atoms with E-state index in [1.165, 1.54) is 199 Å². The maximum atomic E-state index is 12.5. The van der Waals surface area contributed by atoms with Crippen LogP contribution in [0, 0.1) is 0 Å². The van der Waals surface area contributed by atoms with E-state index in [0.29, 0.717) is 25.9 Å². The van der Waals surface area contributed by atoms with E-state index < -0.39 is 12.1 Å². The third-order valence-electron chi connectivity index (χ3n) is 13.4. The Morgan fingerprint density at radius 2 is 0.758 bits per heavy atom. The van der Waals surface area contributed by atoms with Crippen molar-refractivity contribution >= 4 is 11.9 Å². The summed E-state index contributed by atoms with van der Waals surface area (Å²) >= 11 is 0. The largest absolute Gasteiger partial charge is 0.466 e. The molecule has 0 aromatic carbocycles. The lowest BCUT2D eigenvalue weighted by Gasteiger charge is -2.22. The lowest BCUT2D eigenvalue weighted by Crippen LogP contribution is -2.45. The number of carbonyl (C=O) groups excluding carboxylic acids is 2. The molecule has 0 fully saturated rings. The summed E-state index contributed by atoms with van der Waals surface area (Å²) in [6.45, 7) is 4.88. The maximum absolute atomic E-state index is 12.5. The van der Waals surface area contributed by atoms with Gasteiger partial charge in [-0.25, -0.2) is 0 Å². The van der Waals surface area contributed by atoms with Crippen LogP contribution in [0.4, 0.5) is 0 Å². The minimum Gasteiger partial charge on any atom is -0.466 e. The molecule has 1 amide bonds. The SMILES string of the molecule is CCCCC/C=C\CCCCCCCC(=O)OCCCCC/C=C\C=C/CCCCCCCCC(=O)NC(CO)C(O)CCCCCCCCCCCCCCCCCCCCCCCC. The quantitative estimate of drug-likeness (QED) is 0.0244. The third-order valence-corrected chi connectivity index (χ3v) is 13.4. The summed E-state index contributed by atoms with van der Waals surface area (Å²) < 4.78 is 5.43. The van der Waals surface area contributed by atoms with Crippen LogP contribution in [0.25, 0.3) is 0 Å². The average molecular weight is 929 g/mol. The fourth-order valence-electron chi connectivity index (χ4n) is 8.92. The van der Waals surface area contributed by atoms with E-state index >= 15 is 0 Å². The highest BCUT2D eigenvalue weighted by Gasteiger charge is 2.20. The van der Waals surface area contributed by atoms with Gasteiger partial charge in [-0.2, -0.15) is 0 Å². The van der Waals surface area contributed by atoms with Crippen molar-refractivity contribution in [3.05, 3.63) is 36.5 Å². The van der Waals surface area contributed by atoms with Crippen LogP contribution in [0.1, 0.15) is 309 Å². The predicted octanol–water partition coefficient (Wildman–Crippen LogP) is 18.0. The van der Waals surface area contributed by atoms with Crippen LogP contribution in [0.2, 0.25) is 0 Å². The molecule has 0 rings (SSSR count). The fourth-order valence-corrected chi connectivity index (χ4v) is 8.92. The first-order valence-electron chi connectivity index (χ1n) is 29.3. The van der Waals surface area contributed by atoms with Gasteiger partial charge in [-0.1, -0.05) is 249 Å². The van der Waals surface area contributed by atoms with Crippen molar-refractivity contribution in [1.29, 1.82) is 0 Å². The predicted molar refractivity (Wildman–Crippen MR) is 287 cm³/mol. The molecule has 0 aliphatic heterocycles. The van der Waals surface area contributed by atoms with E-state index in [4.69, 9.17) is 4.74 Å². The first kappa shape index (κ1) is 64.1. The summed E-state index contributed by atoms with van der Waals surface area (Å²) in [6, 6.07) is -0.560. The van der Waals surface area contributed by atoms with Crippen molar-refractivity contribution in [3.63, 3.8) is 0 Å². The van der Waals surface area contributed by atoms with Crippen LogP contribution in [-0.4, -0.2) is 47.4 Å². The van der Waals surface area contributed by atoms with E-state index in [-0.39, 0.29) is 18.5 Å². The molecule has 388 valence electrons. The summed E-state index contributed by atoms with van der Waals surface area (Å²) in [6.07, 6.45) is 68.5. The van der Waals surface area contributed by atoms with Crippen LogP contribution in [-0.2, 0) is 14.3 Å². The topological polar surface area (TPSA) is 95.9 Å². The molecule has 6 heteroatoms. The highest BCUT2D eigenvalue weighted by molar-refractivity contribution is 5.76. The fraction of sp³-hybridized carbons (Fsp3) is 0.867. The molecular weight excluding hydrogens is 815 g/mol. The highest BCUT2D eigenvalue weighted by Crippen LogP contribution is 2.17. The number of ether oxygens (including phenoxy) is 1. The minimum atomic E-state index is -0.680. The Morgan fingerprint density at radius 3 is 1.20 bits per heavy atom. The number of carbonyl (C=O) groups is 2. The molecule has 2 unspecified atom stereocenters. The molecule has 0 aliphatic carbocycles. The smallest absolute Gasteiger partial charge is 0.305 e. The van der Waals surface area contributed by atoms with Crippen molar-refractivity contribution in [2.24, 2.45) is 0 Å². The van der Waals surface area contributed by atoms with Crippen LogP contribution >= 0.6 is 0 Å². The standard InChI is InChI=1S/C60H113NO5/c1-3-5-7-9-11-13-15-17-18-19-20-21-22-23-24-26-29-32-36-40-44-48-52-58(63)57(56-62)61-59(64)53-49-45-41-37-33-30-27-25-28-31-35-39-43-47-51-55-66-60(65)54-50-46-42-38-34-16-14-12-10-8-6-4-2/h12,14,25,28,31,35,57-58,62-63H,3-11,13,15-24,26-27,29-30,32-34,36-56H2,1-2H3,(H,61,64)/b14-12-,28-25-,35-31-. The lowest BCUT2D eigenvalue weighted by molar-refractivity contribution is -0.143. The Morgan fingerprint density at radius 1 is 0.424 bits per heavy atom. The first-order chi connectivity index (χ1) is 32.5. The molecule has 0 radical (unpaired) electrons. The van der Waals surface area contributed by atoms with Gasteiger partial charge in [-0.05, 0) is 83.5 Å². The Labute approximate surface area is 411 Å². The molecule has 0 aromatic heterocycles. The summed E-state index contributed by atoms with van der Waals surface area (Å²) in [4.78, 5) is 24.5. The summed E-state index contributed by atoms with van der Waals surface area (Å²) in [5.74, 6) is -0.0871. The Kier molecular flexibility index (Phi) is 54.1. The minimum absolute atomic E-state index is 0.0315. The van der Waals surface area contributed by atoms with Crippen LogP contribution in [0.5, 0.6) is 0 Å². The molecular formula is C60H113NO5. The van der Waals surface area contributed by atoms with Crippen molar-refractivity contribution in [3.8, 4) is 0 Å². The molecule has 2 atom stereocenters. The molecule has 0 saturated carbocycles. The summed E-state index contributed by atoms with van der Waals surface area (Å²) in [7, 11) is 0. The van der Waals surface area contributed by atoms with E-state index in [0.717, 1.165) is 77.0 Å². The van der Waals surface area contributed by atoms with Crippen molar-refractivity contribution in [2.45, 2.75) is 321 Å². The van der Waals surface area contributed by atoms with Crippen LogP contribution < -0.4 is 5.32 Å². The third kappa shape index (κ3) is 51.5. The number of allylic oxidation sites excluding steroid dienone is 6. The molecule has 6 nitrogen and oxygen atoms in total. The summed E-state index contributed by atoms with van der Waals surface area (Å²) in [5, 5.41) is 23.3. The highest BCUT2D eigenvalue weighted by atomic mass is 16.5. The number of rotatable bonds is 54. The second-order valence-electron chi connectivity index (χ2n) is 20.0. The van der Waals surface area contributed by atoms with Gasteiger partial charge in [0, 0.05) is 12.8 Å². The van der Waals surface area contributed by atoms with Gasteiger partial charge in [0.1, 0.15) is 0 Å². The zero-order chi connectivity index (χ0) is 47.9. The zero-order valence-corrected chi connectivity index (χ0v) is 44.2. The van der Waals surface area contributed by atoms with Crippen LogP contribution in [0.15, 0.2) is 36.5 Å². The Balaban J connectivity index is 3.52. The van der Waals surface area contributed by atoms with Gasteiger partial charge >= 0.3 is 5.97 Å². The number of aliphatic hydroxyl groups is 2. The van der Waals surface area contributed by atoms with E-state index in [1.807, 2.05) is 0 Å². The van der Waals surface area contributed by atoms with E-state index in [1.54, 1.807) is 0 Å². The molecule has 0 aliphatic rings. The van der Waals surface area contributed by atoms with Crippen molar-refractivity contribution in [2.75, 3.05) is 13.2 Å². The molecule has 3 N–H and O–H groups in total. The number of aliphatic hydroxyl groups excluding tert-OH is 2. The second kappa shape index (κ2) is 55.7. The first-order valence-corrected chi connectivity index (χ1v) is 29.3. The van der Waals surface area contributed by atoms with Gasteiger partial charge in [0.05, 0.1) is 25.4 Å². The van der Waals surface area contributed by atoms with Crippen molar-refractivity contribution in [1.82, 2.24) is 5.32 Å². The van der Waals surface area contributed by atoms with E-state index in [2.05, 4.69) is 55.6 Å². The molecule has 66 heavy (non-hydrogen) atoms. The molecule has 0 aromatic rings. The maximum Gasteiger partial charge on any atom is 0.305 e. The van der Waals surface area contributed by atoms with Crippen molar-refractivity contribution < 1.29 is 24.5 Å². The molecule has 0 bridgehead atoms. The number of unbranched alkanes of at least 4 members (excludes halogenated alkanes) is 38. The zero-order valence-electron chi connectivity index (χ0n) is 44.2. The van der Waals surface area contributed by atoms with E-state index in [9.17, 15) is 19.8 Å². The lowest BCUT2D eigenvalue weighted by atomic mass is 10.0. The van der Waals surface area contributed by atoms with Crippen LogP contribution in [0.3, 0.4) is 0 Å².